The molecule has 1 heterocycles. The SMILES string of the molecule is Cc1ncc(CNCC2(CCO)CCC2)s1. The average molecular weight is 240 g/mol. The predicted octanol–water partition coefficient (Wildman–Crippen LogP) is 2.09. The molecule has 4 heteroatoms. The van der Waals surface area contributed by atoms with Gasteiger partial charge in [-0.25, -0.2) is 4.98 Å². The maximum Gasteiger partial charge on any atom is 0.0897 e. The molecular formula is C12H20N2OS. The number of rotatable bonds is 6. The van der Waals surface area contributed by atoms with Gasteiger partial charge in [-0.2, -0.15) is 0 Å². The van der Waals surface area contributed by atoms with E-state index < -0.39 is 0 Å². The van der Waals surface area contributed by atoms with Crippen molar-refractivity contribution in [3.8, 4) is 0 Å². The highest BCUT2D eigenvalue weighted by atomic mass is 32.1. The van der Waals surface area contributed by atoms with Gasteiger partial charge in [0, 0.05) is 30.8 Å². The van der Waals surface area contributed by atoms with Crippen molar-refractivity contribution in [2.24, 2.45) is 5.41 Å². The molecule has 1 aromatic heterocycles. The second-order valence-electron chi connectivity index (χ2n) is 4.78. The Morgan fingerprint density at radius 2 is 2.38 bits per heavy atom. The van der Waals surface area contributed by atoms with Crippen molar-refractivity contribution in [2.45, 2.75) is 39.2 Å². The summed E-state index contributed by atoms with van der Waals surface area (Å²) in [4.78, 5) is 5.54. The standard InChI is InChI=1S/C12H20N2OS/c1-10-14-8-11(16-10)7-13-9-12(5-6-15)3-2-4-12/h8,13,15H,2-7,9H2,1H3. The normalized spacial score (nSPS) is 18.4. The lowest BCUT2D eigenvalue weighted by Gasteiger charge is -2.42. The average Bonchev–Trinajstić information content (AvgIpc) is 2.60. The van der Waals surface area contributed by atoms with Gasteiger partial charge in [0.1, 0.15) is 0 Å². The van der Waals surface area contributed by atoms with Crippen molar-refractivity contribution in [1.29, 1.82) is 0 Å². The third-order valence-electron chi connectivity index (χ3n) is 3.52. The van der Waals surface area contributed by atoms with Gasteiger partial charge in [0.2, 0.25) is 0 Å². The molecule has 1 aliphatic rings. The molecule has 0 spiro atoms. The van der Waals surface area contributed by atoms with Crippen molar-refractivity contribution < 1.29 is 5.11 Å². The summed E-state index contributed by atoms with van der Waals surface area (Å²) in [6.45, 7) is 4.30. The van der Waals surface area contributed by atoms with Crippen LogP contribution in [0, 0.1) is 12.3 Å². The number of hydrogen-bond donors (Lipinski definition) is 2. The minimum absolute atomic E-state index is 0.321. The Morgan fingerprint density at radius 3 is 2.88 bits per heavy atom. The number of thiazole rings is 1. The number of nitrogens with zero attached hydrogens (tertiary/aromatic N) is 1. The summed E-state index contributed by atoms with van der Waals surface area (Å²) in [5, 5.41) is 13.7. The van der Waals surface area contributed by atoms with Gasteiger partial charge in [-0.15, -0.1) is 11.3 Å². The van der Waals surface area contributed by atoms with Crippen molar-refractivity contribution >= 4 is 11.3 Å². The molecule has 0 aromatic carbocycles. The Balaban J connectivity index is 1.74. The molecule has 90 valence electrons. The smallest absolute Gasteiger partial charge is 0.0897 e. The summed E-state index contributed by atoms with van der Waals surface area (Å²) in [5.74, 6) is 0. The number of aromatic nitrogens is 1. The first kappa shape index (κ1) is 12.0. The van der Waals surface area contributed by atoms with Crippen LogP contribution in [0.4, 0.5) is 0 Å². The van der Waals surface area contributed by atoms with E-state index in [1.165, 1.54) is 24.1 Å². The van der Waals surface area contributed by atoms with Crippen LogP contribution in [-0.2, 0) is 6.54 Å². The number of aliphatic hydroxyl groups excluding tert-OH is 1. The molecule has 16 heavy (non-hydrogen) atoms. The van der Waals surface area contributed by atoms with Crippen LogP contribution in [0.3, 0.4) is 0 Å². The van der Waals surface area contributed by atoms with E-state index in [9.17, 15) is 0 Å². The lowest BCUT2D eigenvalue weighted by atomic mass is 9.67. The minimum Gasteiger partial charge on any atom is -0.396 e. The highest BCUT2D eigenvalue weighted by Gasteiger charge is 2.35. The van der Waals surface area contributed by atoms with Crippen LogP contribution in [0.15, 0.2) is 6.20 Å². The molecule has 3 nitrogen and oxygen atoms in total. The fourth-order valence-corrected chi connectivity index (χ4v) is 3.13. The van der Waals surface area contributed by atoms with Gasteiger partial charge in [-0.1, -0.05) is 6.42 Å². The molecule has 0 unspecified atom stereocenters. The molecule has 2 rings (SSSR count). The zero-order valence-electron chi connectivity index (χ0n) is 9.83. The van der Waals surface area contributed by atoms with Gasteiger partial charge in [-0.05, 0) is 31.6 Å². The van der Waals surface area contributed by atoms with Crippen molar-refractivity contribution in [1.82, 2.24) is 10.3 Å². The molecule has 1 aliphatic carbocycles. The van der Waals surface area contributed by atoms with Gasteiger partial charge < -0.3 is 10.4 Å². The summed E-state index contributed by atoms with van der Waals surface area (Å²) in [7, 11) is 0. The van der Waals surface area contributed by atoms with Gasteiger partial charge in [0.25, 0.3) is 0 Å². The zero-order valence-corrected chi connectivity index (χ0v) is 10.6. The van der Waals surface area contributed by atoms with E-state index in [2.05, 4.69) is 10.3 Å². The molecule has 0 aliphatic heterocycles. The molecule has 0 amide bonds. The van der Waals surface area contributed by atoms with Gasteiger partial charge in [0.05, 0.1) is 5.01 Å². The number of aryl methyl sites for hydroxylation is 1. The number of aliphatic hydroxyl groups is 1. The number of hydrogen-bond acceptors (Lipinski definition) is 4. The Kier molecular flexibility index (Phi) is 3.95. The molecule has 0 saturated heterocycles. The monoisotopic (exact) mass is 240 g/mol. The summed E-state index contributed by atoms with van der Waals surface area (Å²) in [6.07, 6.45) is 6.75. The van der Waals surface area contributed by atoms with Crippen molar-refractivity contribution in [3.05, 3.63) is 16.1 Å². The van der Waals surface area contributed by atoms with Gasteiger partial charge >= 0.3 is 0 Å². The summed E-state index contributed by atoms with van der Waals surface area (Å²) in [6, 6.07) is 0. The Bertz CT molecular complexity index is 334. The molecule has 0 atom stereocenters. The van der Waals surface area contributed by atoms with Crippen LogP contribution in [0.25, 0.3) is 0 Å². The zero-order chi connectivity index (χ0) is 11.4. The second kappa shape index (κ2) is 5.25. The fraction of sp³-hybridized carbons (Fsp3) is 0.750. The topological polar surface area (TPSA) is 45.2 Å². The van der Waals surface area contributed by atoms with E-state index in [1.807, 2.05) is 13.1 Å². The molecule has 0 bridgehead atoms. The highest BCUT2D eigenvalue weighted by Crippen LogP contribution is 2.43. The second-order valence-corrected chi connectivity index (χ2v) is 6.10. The van der Waals surface area contributed by atoms with Gasteiger partial charge in [-0.3, -0.25) is 0 Å². The Hall–Kier alpha value is -0.450. The van der Waals surface area contributed by atoms with E-state index in [0.717, 1.165) is 24.5 Å². The Labute approximate surface area is 101 Å². The quantitative estimate of drug-likeness (QED) is 0.800. The van der Waals surface area contributed by atoms with Crippen molar-refractivity contribution in [3.63, 3.8) is 0 Å². The molecule has 1 saturated carbocycles. The van der Waals surface area contributed by atoms with E-state index in [4.69, 9.17) is 5.11 Å². The molecule has 1 aromatic rings. The summed E-state index contributed by atoms with van der Waals surface area (Å²) >= 11 is 1.75. The van der Waals surface area contributed by atoms with E-state index in [1.54, 1.807) is 11.3 Å². The molecule has 2 N–H and O–H groups in total. The first-order valence-electron chi connectivity index (χ1n) is 5.97. The van der Waals surface area contributed by atoms with Crippen molar-refractivity contribution in [2.75, 3.05) is 13.2 Å². The van der Waals surface area contributed by atoms with Gasteiger partial charge in [0.15, 0.2) is 0 Å². The summed E-state index contributed by atoms with van der Waals surface area (Å²) < 4.78 is 0. The maximum absolute atomic E-state index is 9.05. The van der Waals surface area contributed by atoms with Crippen LogP contribution in [0.2, 0.25) is 0 Å². The third-order valence-corrected chi connectivity index (χ3v) is 4.44. The first-order valence-corrected chi connectivity index (χ1v) is 6.79. The van der Waals surface area contributed by atoms with Crippen LogP contribution in [-0.4, -0.2) is 23.2 Å². The number of nitrogens with one attached hydrogen (secondary N) is 1. The van der Waals surface area contributed by atoms with E-state index >= 15 is 0 Å². The van der Waals surface area contributed by atoms with E-state index in [-0.39, 0.29) is 0 Å². The van der Waals surface area contributed by atoms with Crippen LogP contribution in [0.1, 0.15) is 35.6 Å². The third kappa shape index (κ3) is 2.81. The maximum atomic E-state index is 9.05. The first-order chi connectivity index (χ1) is 7.74. The van der Waals surface area contributed by atoms with Crippen LogP contribution < -0.4 is 5.32 Å². The molecular weight excluding hydrogens is 220 g/mol. The van der Waals surface area contributed by atoms with E-state index in [0.29, 0.717) is 12.0 Å². The lowest BCUT2D eigenvalue weighted by Crippen LogP contribution is -2.40. The van der Waals surface area contributed by atoms with Crippen LogP contribution in [0.5, 0.6) is 0 Å². The fourth-order valence-electron chi connectivity index (χ4n) is 2.37. The lowest BCUT2D eigenvalue weighted by molar-refractivity contribution is 0.0860. The molecule has 0 radical (unpaired) electrons. The largest absolute Gasteiger partial charge is 0.396 e. The van der Waals surface area contributed by atoms with Crippen LogP contribution >= 0.6 is 11.3 Å². The molecule has 1 fully saturated rings. The predicted molar refractivity (Wildman–Crippen MR) is 66.5 cm³/mol. The summed E-state index contributed by atoms with van der Waals surface area (Å²) in [5.41, 5.74) is 0.383. The minimum atomic E-state index is 0.321. The highest BCUT2D eigenvalue weighted by molar-refractivity contribution is 7.11. The Morgan fingerprint density at radius 1 is 1.56 bits per heavy atom.